The number of hydrogen-bond acceptors (Lipinski definition) is 2. The van der Waals surface area contributed by atoms with Gasteiger partial charge in [0, 0.05) is 23.4 Å². The molecule has 2 rings (SSSR count). The fourth-order valence-electron chi connectivity index (χ4n) is 2.13. The summed E-state index contributed by atoms with van der Waals surface area (Å²) >= 11 is 9.21. The first kappa shape index (κ1) is 14.3. The Hall–Kier alpha value is -0.100. The Balaban J connectivity index is 2.22. The predicted molar refractivity (Wildman–Crippen MR) is 76.7 cm³/mol. The molecule has 100 valence electrons. The average molecular weight is 353 g/mol. The van der Waals surface area contributed by atoms with Gasteiger partial charge in [-0.25, -0.2) is 8.42 Å². The van der Waals surface area contributed by atoms with Crippen molar-refractivity contribution in [3.8, 4) is 0 Å². The smallest absolute Gasteiger partial charge is 0.207 e. The summed E-state index contributed by atoms with van der Waals surface area (Å²) in [5, 5.41) is 1.39. The summed E-state index contributed by atoms with van der Waals surface area (Å²) in [6.45, 7) is 1.20. The molecule has 1 heterocycles. The molecule has 1 aromatic rings. The van der Waals surface area contributed by atoms with Gasteiger partial charge in [-0.15, -0.1) is 0 Å². The van der Waals surface area contributed by atoms with Crippen LogP contribution in [-0.4, -0.2) is 31.1 Å². The van der Waals surface area contributed by atoms with Crippen molar-refractivity contribution in [3.05, 3.63) is 29.3 Å². The normalized spacial score (nSPS) is 22.0. The van der Waals surface area contributed by atoms with Crippen molar-refractivity contribution in [2.45, 2.75) is 17.7 Å². The maximum absolute atomic E-state index is 12.4. The van der Waals surface area contributed by atoms with Crippen LogP contribution in [0.15, 0.2) is 29.2 Å². The fourth-order valence-corrected chi connectivity index (χ4v) is 4.34. The van der Waals surface area contributed by atoms with Crippen molar-refractivity contribution in [2.24, 2.45) is 5.92 Å². The van der Waals surface area contributed by atoms with Gasteiger partial charge >= 0.3 is 0 Å². The van der Waals surface area contributed by atoms with Crippen LogP contribution in [0.5, 0.6) is 0 Å². The quantitative estimate of drug-likeness (QED) is 0.784. The van der Waals surface area contributed by atoms with Gasteiger partial charge in [-0.1, -0.05) is 27.5 Å². The summed E-state index contributed by atoms with van der Waals surface area (Å²) < 4.78 is 26.4. The Morgan fingerprint density at radius 3 is 2.61 bits per heavy atom. The van der Waals surface area contributed by atoms with Crippen LogP contribution in [0, 0.1) is 5.92 Å². The molecule has 1 fully saturated rings. The van der Waals surface area contributed by atoms with Crippen molar-refractivity contribution in [1.82, 2.24) is 4.31 Å². The van der Waals surface area contributed by atoms with Crippen LogP contribution in [0.25, 0.3) is 0 Å². The lowest BCUT2D eigenvalue weighted by Crippen LogP contribution is -2.40. The standard InChI is InChI=1S/C12H15BrClNO2S/c13-8-10-2-1-7-15(9-10)18(16,17)12-5-3-11(14)4-6-12/h3-6,10H,1-2,7-9H2. The second-order valence-corrected chi connectivity index (χ2v) is 7.50. The molecule has 1 atom stereocenters. The van der Waals surface area contributed by atoms with Gasteiger partial charge in [0.2, 0.25) is 10.0 Å². The molecular weight excluding hydrogens is 338 g/mol. The molecule has 1 aromatic carbocycles. The largest absolute Gasteiger partial charge is 0.243 e. The van der Waals surface area contributed by atoms with Crippen LogP contribution in [0.3, 0.4) is 0 Å². The van der Waals surface area contributed by atoms with Crippen molar-refractivity contribution in [1.29, 1.82) is 0 Å². The molecule has 0 aliphatic carbocycles. The molecule has 0 aromatic heterocycles. The van der Waals surface area contributed by atoms with Crippen molar-refractivity contribution >= 4 is 37.6 Å². The summed E-state index contributed by atoms with van der Waals surface area (Å²) in [7, 11) is -3.37. The van der Waals surface area contributed by atoms with E-state index in [-0.39, 0.29) is 0 Å². The van der Waals surface area contributed by atoms with E-state index in [0.717, 1.165) is 18.2 Å². The van der Waals surface area contributed by atoms with Crippen LogP contribution < -0.4 is 0 Å². The van der Waals surface area contributed by atoms with E-state index in [1.807, 2.05) is 0 Å². The van der Waals surface area contributed by atoms with Crippen LogP contribution in [0.1, 0.15) is 12.8 Å². The summed E-state index contributed by atoms with van der Waals surface area (Å²) in [4.78, 5) is 0.321. The fraction of sp³-hybridized carbons (Fsp3) is 0.500. The van der Waals surface area contributed by atoms with E-state index in [4.69, 9.17) is 11.6 Å². The molecule has 1 aliphatic rings. The first-order chi connectivity index (χ1) is 8.54. The summed E-state index contributed by atoms with van der Waals surface area (Å²) in [5.74, 6) is 0.404. The molecule has 0 amide bonds. The number of hydrogen-bond donors (Lipinski definition) is 0. The average Bonchev–Trinajstić information content (AvgIpc) is 2.39. The minimum absolute atomic E-state index is 0.321. The Kier molecular flexibility index (Phi) is 4.69. The molecule has 0 radical (unpaired) electrons. The molecule has 0 spiro atoms. The number of sulfonamides is 1. The summed E-state index contributed by atoms with van der Waals surface area (Å²) in [6.07, 6.45) is 2.00. The Bertz CT molecular complexity index is 503. The van der Waals surface area contributed by atoms with Crippen LogP contribution in [0.2, 0.25) is 5.02 Å². The van der Waals surface area contributed by atoms with Crippen molar-refractivity contribution in [3.63, 3.8) is 0 Å². The van der Waals surface area contributed by atoms with E-state index in [0.29, 0.717) is 28.9 Å². The highest BCUT2D eigenvalue weighted by Crippen LogP contribution is 2.25. The van der Waals surface area contributed by atoms with E-state index in [1.54, 1.807) is 28.6 Å². The SMILES string of the molecule is O=S(=O)(c1ccc(Cl)cc1)N1CCCC(CBr)C1. The zero-order valence-electron chi connectivity index (χ0n) is 9.85. The van der Waals surface area contributed by atoms with Gasteiger partial charge in [-0.05, 0) is 43.0 Å². The van der Waals surface area contributed by atoms with Gasteiger partial charge in [0.05, 0.1) is 4.90 Å². The molecule has 0 saturated carbocycles. The van der Waals surface area contributed by atoms with Gasteiger partial charge in [0.1, 0.15) is 0 Å². The Labute approximate surface area is 121 Å². The third-order valence-corrected chi connectivity index (χ3v) is 6.20. The maximum Gasteiger partial charge on any atom is 0.243 e. The molecule has 3 nitrogen and oxygen atoms in total. The zero-order valence-corrected chi connectivity index (χ0v) is 13.0. The molecule has 1 saturated heterocycles. The predicted octanol–water partition coefficient (Wildman–Crippen LogP) is 3.14. The monoisotopic (exact) mass is 351 g/mol. The minimum Gasteiger partial charge on any atom is -0.207 e. The lowest BCUT2D eigenvalue weighted by molar-refractivity contribution is 0.285. The number of benzene rings is 1. The van der Waals surface area contributed by atoms with E-state index in [9.17, 15) is 8.42 Å². The number of piperidine rings is 1. The highest BCUT2D eigenvalue weighted by atomic mass is 79.9. The van der Waals surface area contributed by atoms with E-state index < -0.39 is 10.0 Å². The molecule has 18 heavy (non-hydrogen) atoms. The highest BCUT2D eigenvalue weighted by molar-refractivity contribution is 9.09. The van der Waals surface area contributed by atoms with Gasteiger partial charge < -0.3 is 0 Å². The van der Waals surface area contributed by atoms with Crippen LogP contribution in [0.4, 0.5) is 0 Å². The molecular formula is C12H15BrClNO2S. The Morgan fingerprint density at radius 1 is 1.33 bits per heavy atom. The van der Waals surface area contributed by atoms with E-state index in [2.05, 4.69) is 15.9 Å². The van der Waals surface area contributed by atoms with Crippen molar-refractivity contribution < 1.29 is 8.42 Å². The van der Waals surface area contributed by atoms with Crippen LogP contribution in [-0.2, 0) is 10.0 Å². The number of rotatable bonds is 3. The highest BCUT2D eigenvalue weighted by Gasteiger charge is 2.29. The molecule has 0 N–H and O–H groups in total. The maximum atomic E-state index is 12.4. The van der Waals surface area contributed by atoms with E-state index in [1.165, 1.54) is 0 Å². The van der Waals surface area contributed by atoms with Gasteiger partial charge in [0.25, 0.3) is 0 Å². The number of halogens is 2. The number of nitrogens with zero attached hydrogens (tertiary/aromatic N) is 1. The molecule has 1 unspecified atom stereocenters. The third-order valence-electron chi connectivity index (χ3n) is 3.15. The first-order valence-corrected chi connectivity index (χ1v) is 8.79. The topological polar surface area (TPSA) is 37.4 Å². The van der Waals surface area contributed by atoms with Gasteiger partial charge in [-0.3, -0.25) is 0 Å². The van der Waals surface area contributed by atoms with E-state index >= 15 is 0 Å². The lowest BCUT2D eigenvalue weighted by Gasteiger charge is -2.31. The van der Waals surface area contributed by atoms with Gasteiger partial charge in [0.15, 0.2) is 0 Å². The number of alkyl halides is 1. The zero-order chi connectivity index (χ0) is 13.2. The third kappa shape index (κ3) is 3.07. The Morgan fingerprint density at radius 2 is 2.00 bits per heavy atom. The summed E-state index contributed by atoms with van der Waals surface area (Å²) in [6, 6.07) is 6.35. The second-order valence-electron chi connectivity index (χ2n) is 4.48. The molecule has 0 bridgehead atoms. The lowest BCUT2D eigenvalue weighted by atomic mass is 10.0. The summed E-state index contributed by atoms with van der Waals surface area (Å²) in [5.41, 5.74) is 0. The second kappa shape index (κ2) is 5.90. The molecule has 6 heteroatoms. The minimum atomic E-state index is -3.37. The van der Waals surface area contributed by atoms with Gasteiger partial charge in [-0.2, -0.15) is 4.31 Å². The first-order valence-electron chi connectivity index (χ1n) is 5.85. The van der Waals surface area contributed by atoms with Crippen molar-refractivity contribution in [2.75, 3.05) is 18.4 Å². The van der Waals surface area contributed by atoms with Crippen LogP contribution >= 0.6 is 27.5 Å². The molecule has 1 aliphatic heterocycles.